The number of fused-ring (bicyclic) bond motifs is 5. The van der Waals surface area contributed by atoms with Crippen LogP contribution in [0.3, 0.4) is 0 Å². The molecule has 6 heterocycles. The van der Waals surface area contributed by atoms with Crippen LogP contribution < -0.4 is 19.5 Å². The minimum absolute atomic E-state index is 0.0283. The second kappa shape index (κ2) is 18.4. The lowest BCUT2D eigenvalue weighted by molar-refractivity contribution is -0.179. The summed E-state index contributed by atoms with van der Waals surface area (Å²) in [4.78, 5) is 53.8. The standard InChI is InChI=1S/C56H49N7O8/c64-30-31-68-45-20-10-7-17-40(45)52-56(41-32-36(21-23-42(41)57-55(56)67)12-11-25-62-44-19-9-8-18-43(44)58-59-62)48(53(65)61-28-26-60(27-29-61)34-37-22-24-46-47(33-37)70-35-69-46)50-54(66)71-51(39-15-5-2-6-16-39)49(63(50)52)38-13-3-1-4-14-38/h1-10,13-24,32-33,48-52,64H,25-31,34-35H2,(H,57,67)/t48-,49-,50-,51+,52+,56-/m0/s1. The van der Waals surface area contributed by atoms with Crippen LogP contribution in [-0.4, -0.2) is 105 Å². The first-order valence-corrected chi connectivity index (χ1v) is 23.9. The highest BCUT2D eigenvalue weighted by atomic mass is 16.7. The minimum atomic E-state index is -1.75. The summed E-state index contributed by atoms with van der Waals surface area (Å²) in [6.45, 7) is 2.58. The van der Waals surface area contributed by atoms with Crippen molar-refractivity contribution in [3.63, 3.8) is 0 Å². The van der Waals surface area contributed by atoms with E-state index in [0.717, 1.165) is 27.7 Å². The van der Waals surface area contributed by atoms with E-state index >= 15 is 14.4 Å². The number of hydrogen-bond donors (Lipinski definition) is 2. The summed E-state index contributed by atoms with van der Waals surface area (Å²) < 4.78 is 26.0. The van der Waals surface area contributed by atoms with Crippen molar-refractivity contribution in [2.45, 2.75) is 42.7 Å². The lowest BCUT2D eigenvalue weighted by Gasteiger charge is -2.46. The lowest BCUT2D eigenvalue weighted by Crippen LogP contribution is -2.58. The Balaban J connectivity index is 1.02. The number of rotatable bonds is 10. The molecule has 15 heteroatoms. The lowest BCUT2D eigenvalue weighted by atomic mass is 9.64. The van der Waals surface area contributed by atoms with Gasteiger partial charge < -0.3 is 34.3 Å². The predicted octanol–water partition coefficient (Wildman–Crippen LogP) is 6.20. The molecule has 0 bridgehead atoms. The molecule has 5 aliphatic heterocycles. The SMILES string of the molecule is O=C1O[C@H](c2ccccc2)[C@H](c2ccccc2)N2[C@H]1[C@@H](C(=O)N1CCN(Cc3ccc4c(c3)OCO4)CC1)[C@]1(C(=O)Nc3ccc(C#CCn4nnc5ccccc54)cc31)[C@H]2c1ccccc1OCCO. The average Bonchev–Trinajstić information content (AvgIpc) is 4.20. The molecular weight excluding hydrogens is 899 g/mol. The average molecular weight is 948 g/mol. The molecule has 1 aromatic heterocycles. The molecule has 71 heavy (non-hydrogen) atoms. The summed E-state index contributed by atoms with van der Waals surface area (Å²) in [5.74, 6) is 5.75. The summed E-state index contributed by atoms with van der Waals surface area (Å²) >= 11 is 0. The van der Waals surface area contributed by atoms with E-state index in [-0.39, 0.29) is 32.5 Å². The van der Waals surface area contributed by atoms with Crippen LogP contribution in [0.2, 0.25) is 0 Å². The molecule has 356 valence electrons. The van der Waals surface area contributed by atoms with Gasteiger partial charge in [-0.3, -0.25) is 24.2 Å². The second-order valence-corrected chi connectivity index (χ2v) is 18.4. The maximum Gasteiger partial charge on any atom is 0.324 e. The van der Waals surface area contributed by atoms with E-state index in [1.165, 1.54) is 0 Å². The zero-order valence-electron chi connectivity index (χ0n) is 38.6. The molecule has 0 saturated carbocycles. The monoisotopic (exact) mass is 947 g/mol. The van der Waals surface area contributed by atoms with Gasteiger partial charge in [0.25, 0.3) is 0 Å². The van der Waals surface area contributed by atoms with Crippen molar-refractivity contribution < 1.29 is 38.4 Å². The number of amides is 2. The second-order valence-electron chi connectivity index (χ2n) is 18.4. The van der Waals surface area contributed by atoms with Gasteiger partial charge in [-0.2, -0.15) is 0 Å². The Morgan fingerprint density at radius 3 is 2.37 bits per heavy atom. The summed E-state index contributed by atoms with van der Waals surface area (Å²) in [5, 5.41) is 21.9. The number of aliphatic hydroxyl groups is 1. The number of aromatic nitrogens is 3. The van der Waals surface area contributed by atoms with Crippen LogP contribution in [0.15, 0.2) is 146 Å². The molecule has 15 nitrogen and oxygen atoms in total. The van der Waals surface area contributed by atoms with Crippen LogP contribution >= 0.6 is 0 Å². The molecule has 3 saturated heterocycles. The smallest absolute Gasteiger partial charge is 0.324 e. The number of cyclic esters (lactones) is 1. The number of ether oxygens (including phenoxy) is 4. The van der Waals surface area contributed by atoms with Gasteiger partial charge in [0.2, 0.25) is 18.6 Å². The number of benzene rings is 6. The first-order valence-electron chi connectivity index (χ1n) is 23.9. The third kappa shape index (κ3) is 7.62. The summed E-state index contributed by atoms with van der Waals surface area (Å²) in [6.07, 6.45) is -0.838. The number of nitrogens with zero attached hydrogens (tertiary/aromatic N) is 6. The number of anilines is 1. The van der Waals surface area contributed by atoms with E-state index in [0.29, 0.717) is 72.4 Å². The van der Waals surface area contributed by atoms with E-state index in [1.54, 1.807) is 10.7 Å². The van der Waals surface area contributed by atoms with Crippen molar-refractivity contribution in [2.75, 3.05) is 51.5 Å². The zero-order chi connectivity index (χ0) is 48.1. The molecule has 0 unspecified atom stereocenters. The molecule has 6 aromatic carbocycles. The number of aliphatic hydroxyl groups excluding tert-OH is 1. The number of carbonyl (C=O) groups is 3. The molecule has 1 spiro atoms. The normalized spacial score (nSPS) is 23.5. The van der Waals surface area contributed by atoms with Crippen molar-refractivity contribution in [2.24, 2.45) is 5.92 Å². The largest absolute Gasteiger partial charge is 0.491 e. The maximum absolute atomic E-state index is 16.2. The highest BCUT2D eigenvalue weighted by Crippen LogP contribution is 2.66. The fourth-order valence-electron chi connectivity index (χ4n) is 11.5. The zero-order valence-corrected chi connectivity index (χ0v) is 38.6. The molecule has 5 aliphatic rings. The van der Waals surface area contributed by atoms with Crippen molar-refractivity contribution in [1.82, 2.24) is 29.7 Å². The van der Waals surface area contributed by atoms with Crippen LogP contribution in [0.25, 0.3) is 11.0 Å². The van der Waals surface area contributed by atoms with Crippen molar-refractivity contribution >= 4 is 34.5 Å². The van der Waals surface area contributed by atoms with Gasteiger partial charge in [0, 0.05) is 49.5 Å². The van der Waals surface area contributed by atoms with Gasteiger partial charge in [0.15, 0.2) is 11.5 Å². The predicted molar refractivity (Wildman–Crippen MR) is 261 cm³/mol. The number of nitrogens with one attached hydrogen (secondary N) is 1. The number of carbonyl (C=O) groups excluding carboxylic acids is 3. The third-order valence-corrected chi connectivity index (χ3v) is 14.5. The van der Waals surface area contributed by atoms with E-state index in [2.05, 4.69) is 37.3 Å². The molecular formula is C56H49N7O8. The molecule has 0 radical (unpaired) electrons. The number of morpholine rings is 1. The van der Waals surface area contributed by atoms with Gasteiger partial charge in [0.05, 0.1) is 30.1 Å². The van der Waals surface area contributed by atoms with Gasteiger partial charge in [-0.1, -0.05) is 114 Å². The Bertz CT molecular complexity index is 3240. The number of para-hydroxylation sites is 2. The molecule has 3 fully saturated rings. The molecule has 2 N–H and O–H groups in total. The Morgan fingerprint density at radius 2 is 1.55 bits per heavy atom. The summed E-state index contributed by atoms with van der Waals surface area (Å²) in [6, 6.07) is 43.1. The van der Waals surface area contributed by atoms with Crippen LogP contribution in [0.1, 0.15) is 51.6 Å². The third-order valence-electron chi connectivity index (χ3n) is 14.5. The highest BCUT2D eigenvalue weighted by molar-refractivity contribution is 6.12. The molecule has 6 atom stereocenters. The molecule has 12 rings (SSSR count). The Morgan fingerprint density at radius 1 is 0.803 bits per heavy atom. The molecule has 2 amide bonds. The van der Waals surface area contributed by atoms with E-state index in [4.69, 9.17) is 18.9 Å². The van der Waals surface area contributed by atoms with E-state index in [1.807, 2.05) is 144 Å². The number of esters is 1. The first kappa shape index (κ1) is 44.2. The van der Waals surface area contributed by atoms with Gasteiger partial charge in [-0.15, -0.1) is 5.10 Å². The van der Waals surface area contributed by atoms with Crippen LogP contribution in [0, 0.1) is 17.8 Å². The van der Waals surface area contributed by atoms with E-state index in [9.17, 15) is 5.11 Å². The number of piperazine rings is 1. The van der Waals surface area contributed by atoms with Crippen LogP contribution in [-0.2, 0) is 37.6 Å². The Labute approximate surface area is 409 Å². The van der Waals surface area contributed by atoms with Crippen LogP contribution in [0.5, 0.6) is 17.2 Å². The summed E-state index contributed by atoms with van der Waals surface area (Å²) in [7, 11) is 0. The van der Waals surface area contributed by atoms with Crippen molar-refractivity contribution in [3.05, 3.63) is 179 Å². The first-order chi connectivity index (χ1) is 34.9. The maximum atomic E-state index is 16.2. The number of hydrogen-bond acceptors (Lipinski definition) is 12. The van der Waals surface area contributed by atoms with Gasteiger partial charge >= 0.3 is 5.97 Å². The van der Waals surface area contributed by atoms with E-state index < -0.39 is 47.4 Å². The topological polar surface area (TPSA) is 161 Å². The Kier molecular flexibility index (Phi) is 11.4. The van der Waals surface area contributed by atoms with Crippen molar-refractivity contribution in [1.29, 1.82) is 0 Å². The fraction of sp³-hybridized carbons (Fsp3) is 0.268. The van der Waals surface area contributed by atoms with Gasteiger partial charge in [-0.05, 0) is 70.8 Å². The van der Waals surface area contributed by atoms with Crippen LogP contribution in [0.4, 0.5) is 5.69 Å². The summed E-state index contributed by atoms with van der Waals surface area (Å²) in [5.41, 5.74) is 4.72. The van der Waals surface area contributed by atoms with Crippen molar-refractivity contribution in [3.8, 4) is 29.1 Å². The highest BCUT2D eigenvalue weighted by Gasteiger charge is 2.74. The minimum Gasteiger partial charge on any atom is -0.491 e. The van der Waals surface area contributed by atoms with Gasteiger partial charge in [0.1, 0.15) is 42.0 Å². The Hall–Kier alpha value is -8.03. The fourth-order valence-corrected chi connectivity index (χ4v) is 11.5. The quantitative estimate of drug-likeness (QED) is 0.118. The van der Waals surface area contributed by atoms with Gasteiger partial charge in [-0.25, -0.2) is 4.68 Å². The molecule has 0 aliphatic carbocycles. The molecule has 7 aromatic rings.